The van der Waals surface area contributed by atoms with Crippen LogP contribution in [-0.2, 0) is 9.59 Å². The van der Waals surface area contributed by atoms with Crippen molar-refractivity contribution < 1.29 is 14.7 Å². The standard InChI is InChI=1S/C13H19Cl2NO3/c1-12(8-13(12,14)15)11(19)16-6-2-3-9(7-16)4-5-10(17)18/h9H,2-8H2,1H3,(H,17,18)/t9-,12+/m0/s1. The molecule has 0 aromatic carbocycles. The van der Waals surface area contributed by atoms with Gasteiger partial charge in [-0.3, -0.25) is 9.59 Å². The second-order valence-electron chi connectivity index (χ2n) is 5.91. The first kappa shape index (κ1) is 14.9. The summed E-state index contributed by atoms with van der Waals surface area (Å²) in [6, 6.07) is 0. The number of carbonyl (C=O) groups excluding carboxylic acids is 1. The van der Waals surface area contributed by atoms with Gasteiger partial charge in [0.15, 0.2) is 0 Å². The van der Waals surface area contributed by atoms with Crippen LogP contribution in [0.2, 0.25) is 0 Å². The molecule has 19 heavy (non-hydrogen) atoms. The van der Waals surface area contributed by atoms with E-state index >= 15 is 0 Å². The number of carboxylic acid groups (broad SMARTS) is 1. The fourth-order valence-corrected chi connectivity index (χ4v) is 3.49. The van der Waals surface area contributed by atoms with Crippen molar-refractivity contribution >= 4 is 35.1 Å². The highest BCUT2D eigenvalue weighted by atomic mass is 35.5. The second kappa shape index (κ2) is 5.13. The molecule has 1 heterocycles. The van der Waals surface area contributed by atoms with Crippen LogP contribution in [0.4, 0.5) is 0 Å². The van der Waals surface area contributed by atoms with Gasteiger partial charge in [0.1, 0.15) is 4.33 Å². The third-order valence-corrected chi connectivity index (χ3v) is 5.40. The molecule has 2 aliphatic rings. The molecule has 2 fully saturated rings. The van der Waals surface area contributed by atoms with E-state index in [1.807, 2.05) is 4.90 Å². The normalized spacial score (nSPS) is 33.0. The molecule has 1 aliphatic carbocycles. The number of rotatable bonds is 4. The number of nitrogens with zero attached hydrogens (tertiary/aromatic N) is 1. The van der Waals surface area contributed by atoms with Crippen molar-refractivity contribution in [3.63, 3.8) is 0 Å². The van der Waals surface area contributed by atoms with Gasteiger partial charge in [-0.2, -0.15) is 0 Å². The lowest BCUT2D eigenvalue weighted by Crippen LogP contribution is -2.44. The maximum absolute atomic E-state index is 12.4. The van der Waals surface area contributed by atoms with E-state index in [1.165, 1.54) is 0 Å². The van der Waals surface area contributed by atoms with Crippen LogP contribution in [0.15, 0.2) is 0 Å². The first-order valence-electron chi connectivity index (χ1n) is 6.65. The number of carboxylic acids is 1. The van der Waals surface area contributed by atoms with Crippen LogP contribution in [0.5, 0.6) is 0 Å². The Hall–Kier alpha value is -0.480. The lowest BCUT2D eigenvalue weighted by Gasteiger charge is -2.34. The van der Waals surface area contributed by atoms with E-state index in [1.54, 1.807) is 6.92 Å². The van der Waals surface area contributed by atoms with E-state index in [9.17, 15) is 9.59 Å². The number of alkyl halides is 2. The molecule has 1 N–H and O–H groups in total. The van der Waals surface area contributed by atoms with Crippen LogP contribution in [0, 0.1) is 11.3 Å². The summed E-state index contributed by atoms with van der Waals surface area (Å²) in [6.45, 7) is 3.16. The zero-order valence-corrected chi connectivity index (χ0v) is 12.5. The van der Waals surface area contributed by atoms with Crippen molar-refractivity contribution in [3.05, 3.63) is 0 Å². The van der Waals surface area contributed by atoms with Gasteiger partial charge in [-0.05, 0) is 38.5 Å². The fourth-order valence-electron chi connectivity index (χ4n) is 2.79. The molecular formula is C13H19Cl2NO3. The maximum Gasteiger partial charge on any atom is 0.303 e. The van der Waals surface area contributed by atoms with E-state index in [4.69, 9.17) is 28.3 Å². The average molecular weight is 308 g/mol. The van der Waals surface area contributed by atoms with Gasteiger partial charge in [0, 0.05) is 19.5 Å². The molecule has 1 aliphatic heterocycles. The molecule has 108 valence electrons. The summed E-state index contributed by atoms with van der Waals surface area (Å²) in [6.07, 6.45) is 3.20. The molecule has 1 amide bonds. The van der Waals surface area contributed by atoms with Gasteiger partial charge in [0.05, 0.1) is 5.41 Å². The Morgan fingerprint density at radius 1 is 1.42 bits per heavy atom. The Balaban J connectivity index is 1.91. The number of carbonyl (C=O) groups is 2. The molecule has 0 aromatic rings. The predicted molar refractivity (Wildman–Crippen MR) is 73.3 cm³/mol. The summed E-state index contributed by atoms with van der Waals surface area (Å²) < 4.78 is -0.932. The lowest BCUT2D eigenvalue weighted by molar-refractivity contribution is -0.138. The van der Waals surface area contributed by atoms with E-state index < -0.39 is 15.7 Å². The highest BCUT2D eigenvalue weighted by Crippen LogP contribution is 2.64. The van der Waals surface area contributed by atoms with Gasteiger partial charge in [0.25, 0.3) is 0 Å². The van der Waals surface area contributed by atoms with Crippen molar-refractivity contribution in [3.8, 4) is 0 Å². The second-order valence-corrected chi connectivity index (χ2v) is 7.39. The number of amides is 1. The first-order chi connectivity index (χ1) is 8.76. The van der Waals surface area contributed by atoms with Crippen molar-refractivity contribution in [1.82, 2.24) is 4.90 Å². The largest absolute Gasteiger partial charge is 0.481 e. The van der Waals surface area contributed by atoms with Crippen LogP contribution in [0.1, 0.15) is 39.0 Å². The van der Waals surface area contributed by atoms with Crippen LogP contribution < -0.4 is 0 Å². The lowest BCUT2D eigenvalue weighted by atomic mass is 9.92. The van der Waals surface area contributed by atoms with Gasteiger partial charge in [-0.1, -0.05) is 0 Å². The van der Waals surface area contributed by atoms with E-state index in [0.29, 0.717) is 19.4 Å². The Kier molecular flexibility index (Phi) is 4.03. The highest BCUT2D eigenvalue weighted by molar-refractivity contribution is 6.53. The smallest absolute Gasteiger partial charge is 0.303 e. The van der Waals surface area contributed by atoms with E-state index in [0.717, 1.165) is 19.4 Å². The van der Waals surface area contributed by atoms with Crippen LogP contribution in [-0.4, -0.2) is 39.3 Å². The fraction of sp³-hybridized carbons (Fsp3) is 0.846. The van der Waals surface area contributed by atoms with Crippen LogP contribution in [0.3, 0.4) is 0 Å². The molecule has 0 radical (unpaired) electrons. The number of halogens is 2. The molecule has 1 saturated heterocycles. The molecule has 0 bridgehead atoms. The highest BCUT2D eigenvalue weighted by Gasteiger charge is 2.68. The van der Waals surface area contributed by atoms with Crippen molar-refractivity contribution in [1.29, 1.82) is 0 Å². The zero-order chi connectivity index (χ0) is 14.3. The summed E-state index contributed by atoms with van der Waals surface area (Å²) in [5, 5.41) is 8.71. The Labute approximate surface area is 123 Å². The average Bonchev–Trinajstić information content (AvgIpc) is 2.87. The zero-order valence-electron chi connectivity index (χ0n) is 11.0. The molecule has 4 nitrogen and oxygen atoms in total. The summed E-state index contributed by atoms with van der Waals surface area (Å²) in [7, 11) is 0. The van der Waals surface area contributed by atoms with Crippen molar-refractivity contribution in [2.75, 3.05) is 13.1 Å². The first-order valence-corrected chi connectivity index (χ1v) is 7.41. The van der Waals surface area contributed by atoms with Gasteiger partial charge >= 0.3 is 5.97 Å². The quantitative estimate of drug-likeness (QED) is 0.812. The Morgan fingerprint density at radius 2 is 2.05 bits per heavy atom. The molecule has 6 heteroatoms. The molecule has 0 aromatic heterocycles. The topological polar surface area (TPSA) is 57.6 Å². The van der Waals surface area contributed by atoms with Crippen molar-refractivity contribution in [2.45, 2.75) is 43.4 Å². The summed E-state index contributed by atoms with van der Waals surface area (Å²) >= 11 is 12.1. The summed E-state index contributed by atoms with van der Waals surface area (Å²) in [5.41, 5.74) is -0.662. The molecule has 2 atom stereocenters. The van der Waals surface area contributed by atoms with E-state index in [2.05, 4.69) is 0 Å². The van der Waals surface area contributed by atoms with Gasteiger partial charge in [-0.15, -0.1) is 23.2 Å². The number of aliphatic carboxylic acids is 1. The summed E-state index contributed by atoms with van der Waals surface area (Å²) in [5.74, 6) is -0.494. The van der Waals surface area contributed by atoms with Gasteiger partial charge in [0.2, 0.25) is 5.91 Å². The third kappa shape index (κ3) is 3.00. The molecule has 0 spiro atoms. The maximum atomic E-state index is 12.4. The van der Waals surface area contributed by atoms with Gasteiger partial charge < -0.3 is 10.0 Å². The third-order valence-electron chi connectivity index (χ3n) is 4.30. The minimum Gasteiger partial charge on any atom is -0.481 e. The molecule has 2 rings (SSSR count). The molecular weight excluding hydrogens is 289 g/mol. The molecule has 1 saturated carbocycles. The minimum absolute atomic E-state index is 0.0116. The number of likely N-dealkylation sites (tertiary alicyclic amines) is 1. The summed E-state index contributed by atoms with van der Waals surface area (Å²) in [4.78, 5) is 24.8. The van der Waals surface area contributed by atoms with Gasteiger partial charge in [-0.25, -0.2) is 0 Å². The monoisotopic (exact) mass is 307 g/mol. The SMILES string of the molecule is C[C@]1(C(=O)N2CCC[C@@H](CCC(=O)O)C2)CC1(Cl)Cl. The number of hydrogen-bond donors (Lipinski definition) is 1. The number of hydrogen-bond acceptors (Lipinski definition) is 2. The van der Waals surface area contributed by atoms with Crippen LogP contribution >= 0.6 is 23.2 Å². The minimum atomic E-state index is -0.932. The Morgan fingerprint density at radius 3 is 2.58 bits per heavy atom. The molecule has 0 unspecified atom stereocenters. The Bertz CT molecular complexity index is 399. The van der Waals surface area contributed by atoms with E-state index in [-0.39, 0.29) is 18.2 Å². The van der Waals surface area contributed by atoms with Crippen molar-refractivity contribution in [2.24, 2.45) is 11.3 Å². The predicted octanol–water partition coefficient (Wildman–Crippen LogP) is 2.67. The van der Waals surface area contributed by atoms with Crippen LogP contribution in [0.25, 0.3) is 0 Å². The number of piperidine rings is 1.